The molecule has 1 saturated heterocycles. The van der Waals surface area contributed by atoms with Gasteiger partial charge in [-0.05, 0) is 38.6 Å². The van der Waals surface area contributed by atoms with Gasteiger partial charge in [-0.2, -0.15) is 0 Å². The highest BCUT2D eigenvalue weighted by Crippen LogP contribution is 2.21. The molecule has 2 unspecified atom stereocenters. The summed E-state index contributed by atoms with van der Waals surface area (Å²) in [5.41, 5.74) is -0.428. The summed E-state index contributed by atoms with van der Waals surface area (Å²) in [5, 5.41) is 3.24. The molecule has 1 aliphatic heterocycles. The predicted molar refractivity (Wildman–Crippen MR) is 69.9 cm³/mol. The van der Waals surface area contributed by atoms with Crippen molar-refractivity contribution in [3.05, 3.63) is 0 Å². The van der Waals surface area contributed by atoms with Gasteiger partial charge in [-0.1, -0.05) is 33.1 Å². The summed E-state index contributed by atoms with van der Waals surface area (Å²) in [4.78, 5) is 12.0. The van der Waals surface area contributed by atoms with Crippen LogP contribution >= 0.6 is 0 Å². The van der Waals surface area contributed by atoms with E-state index in [2.05, 4.69) is 19.2 Å². The van der Waals surface area contributed by atoms with Crippen LogP contribution in [-0.4, -0.2) is 24.7 Å². The average Bonchev–Trinajstić information content (AvgIpc) is 2.77. The zero-order chi connectivity index (χ0) is 12.7. The second kappa shape index (κ2) is 7.00. The van der Waals surface area contributed by atoms with Crippen molar-refractivity contribution in [1.82, 2.24) is 5.32 Å². The van der Waals surface area contributed by atoms with Gasteiger partial charge in [0.15, 0.2) is 0 Å². The lowest BCUT2D eigenvalue weighted by molar-refractivity contribution is -0.151. The first kappa shape index (κ1) is 14.5. The third-order valence-electron chi connectivity index (χ3n) is 3.81. The molecule has 0 aromatic rings. The molecule has 0 spiro atoms. The SMILES string of the molecule is CCCCC(CC)COC(=O)C1(C)CCCN1. The van der Waals surface area contributed by atoms with Gasteiger partial charge in [0.25, 0.3) is 0 Å². The van der Waals surface area contributed by atoms with Crippen molar-refractivity contribution in [2.24, 2.45) is 5.92 Å². The van der Waals surface area contributed by atoms with E-state index in [1.54, 1.807) is 0 Å². The van der Waals surface area contributed by atoms with Crippen LogP contribution in [0.3, 0.4) is 0 Å². The van der Waals surface area contributed by atoms with Crippen molar-refractivity contribution in [2.75, 3.05) is 13.2 Å². The van der Waals surface area contributed by atoms with Gasteiger partial charge in [0, 0.05) is 0 Å². The first-order chi connectivity index (χ1) is 8.12. The van der Waals surface area contributed by atoms with Crippen molar-refractivity contribution < 1.29 is 9.53 Å². The number of hydrogen-bond acceptors (Lipinski definition) is 3. The molecule has 0 bridgehead atoms. The van der Waals surface area contributed by atoms with Gasteiger partial charge in [-0.15, -0.1) is 0 Å². The van der Waals surface area contributed by atoms with Gasteiger partial charge in [-0.3, -0.25) is 4.79 Å². The first-order valence-electron chi connectivity index (χ1n) is 7.04. The molecule has 3 nitrogen and oxygen atoms in total. The van der Waals surface area contributed by atoms with Gasteiger partial charge in [0.1, 0.15) is 5.54 Å². The number of carbonyl (C=O) groups excluding carboxylic acids is 1. The molecule has 1 rings (SSSR count). The van der Waals surface area contributed by atoms with E-state index in [1.807, 2.05) is 6.92 Å². The number of rotatable bonds is 7. The van der Waals surface area contributed by atoms with Crippen molar-refractivity contribution in [3.63, 3.8) is 0 Å². The molecule has 1 heterocycles. The van der Waals surface area contributed by atoms with E-state index in [-0.39, 0.29) is 5.97 Å². The van der Waals surface area contributed by atoms with E-state index < -0.39 is 5.54 Å². The Morgan fingerprint density at radius 3 is 2.76 bits per heavy atom. The van der Waals surface area contributed by atoms with Crippen LogP contribution in [0.2, 0.25) is 0 Å². The lowest BCUT2D eigenvalue weighted by atomic mass is 9.99. The molecule has 1 aliphatic rings. The second-order valence-corrected chi connectivity index (χ2v) is 5.38. The largest absolute Gasteiger partial charge is 0.464 e. The lowest BCUT2D eigenvalue weighted by Crippen LogP contribution is -2.46. The summed E-state index contributed by atoms with van der Waals surface area (Å²) in [7, 11) is 0. The fourth-order valence-corrected chi connectivity index (χ4v) is 2.32. The summed E-state index contributed by atoms with van der Waals surface area (Å²) >= 11 is 0. The van der Waals surface area contributed by atoms with Crippen molar-refractivity contribution in [2.45, 2.75) is 64.8 Å². The third-order valence-corrected chi connectivity index (χ3v) is 3.81. The summed E-state index contributed by atoms with van der Waals surface area (Å²) in [6, 6.07) is 0. The molecule has 0 aromatic carbocycles. The van der Waals surface area contributed by atoms with Crippen LogP contribution in [0.4, 0.5) is 0 Å². The normalized spacial score (nSPS) is 25.8. The highest BCUT2D eigenvalue weighted by Gasteiger charge is 2.37. The minimum atomic E-state index is -0.428. The Bertz CT molecular complexity index is 234. The van der Waals surface area contributed by atoms with E-state index in [1.165, 1.54) is 19.3 Å². The average molecular weight is 241 g/mol. The van der Waals surface area contributed by atoms with Crippen molar-refractivity contribution >= 4 is 5.97 Å². The smallest absolute Gasteiger partial charge is 0.326 e. The molecule has 0 saturated carbocycles. The molecule has 0 amide bonds. The van der Waals surface area contributed by atoms with E-state index in [0.717, 1.165) is 25.8 Å². The molecule has 100 valence electrons. The highest BCUT2D eigenvalue weighted by molar-refractivity contribution is 5.80. The Balaban J connectivity index is 2.30. The topological polar surface area (TPSA) is 38.3 Å². The molecule has 0 aromatic heterocycles. The van der Waals surface area contributed by atoms with Gasteiger partial charge in [0.2, 0.25) is 0 Å². The maximum absolute atomic E-state index is 12.0. The standard InChI is InChI=1S/C14H27NO2/c1-4-6-8-12(5-2)11-17-13(16)14(3)9-7-10-15-14/h12,15H,4-11H2,1-3H3. The third kappa shape index (κ3) is 4.30. The zero-order valence-corrected chi connectivity index (χ0v) is 11.6. The minimum absolute atomic E-state index is 0.0649. The Kier molecular flexibility index (Phi) is 5.96. The van der Waals surface area contributed by atoms with E-state index in [0.29, 0.717) is 12.5 Å². The Morgan fingerprint density at radius 2 is 2.24 bits per heavy atom. The fraction of sp³-hybridized carbons (Fsp3) is 0.929. The van der Waals surface area contributed by atoms with E-state index in [4.69, 9.17) is 4.74 Å². The van der Waals surface area contributed by atoms with Crippen molar-refractivity contribution in [1.29, 1.82) is 0 Å². The number of hydrogen-bond donors (Lipinski definition) is 1. The number of ether oxygens (including phenoxy) is 1. The maximum Gasteiger partial charge on any atom is 0.326 e. The number of nitrogens with one attached hydrogen (secondary N) is 1. The van der Waals surface area contributed by atoms with Crippen LogP contribution in [0.25, 0.3) is 0 Å². The first-order valence-corrected chi connectivity index (χ1v) is 7.04. The summed E-state index contributed by atoms with van der Waals surface area (Å²) < 4.78 is 5.48. The second-order valence-electron chi connectivity index (χ2n) is 5.38. The van der Waals surface area contributed by atoms with Crippen LogP contribution in [0.15, 0.2) is 0 Å². The molecule has 3 heteroatoms. The quantitative estimate of drug-likeness (QED) is 0.697. The molecular weight excluding hydrogens is 214 g/mol. The van der Waals surface area contributed by atoms with Crippen LogP contribution in [0.1, 0.15) is 59.3 Å². The zero-order valence-electron chi connectivity index (χ0n) is 11.6. The van der Waals surface area contributed by atoms with Gasteiger partial charge >= 0.3 is 5.97 Å². The minimum Gasteiger partial charge on any atom is -0.464 e. The summed E-state index contributed by atoms with van der Waals surface area (Å²) in [6.07, 6.45) is 6.67. The van der Waals surface area contributed by atoms with E-state index in [9.17, 15) is 4.79 Å². The predicted octanol–water partition coefficient (Wildman–Crippen LogP) is 2.89. The fourth-order valence-electron chi connectivity index (χ4n) is 2.32. The molecule has 0 radical (unpaired) electrons. The number of esters is 1. The summed E-state index contributed by atoms with van der Waals surface area (Å²) in [6.45, 7) is 7.84. The number of unbranched alkanes of at least 4 members (excludes halogenated alkanes) is 1. The van der Waals surface area contributed by atoms with Gasteiger partial charge < -0.3 is 10.1 Å². The Labute approximate surface area is 105 Å². The van der Waals surface area contributed by atoms with Gasteiger partial charge in [0.05, 0.1) is 6.61 Å². The van der Waals surface area contributed by atoms with Crippen LogP contribution in [0.5, 0.6) is 0 Å². The maximum atomic E-state index is 12.0. The van der Waals surface area contributed by atoms with E-state index >= 15 is 0 Å². The summed E-state index contributed by atoms with van der Waals surface area (Å²) in [5.74, 6) is 0.467. The van der Waals surface area contributed by atoms with Crippen LogP contribution < -0.4 is 5.32 Å². The Morgan fingerprint density at radius 1 is 1.47 bits per heavy atom. The van der Waals surface area contributed by atoms with Gasteiger partial charge in [-0.25, -0.2) is 0 Å². The molecule has 1 N–H and O–H groups in total. The van der Waals surface area contributed by atoms with Crippen LogP contribution in [-0.2, 0) is 9.53 Å². The molecule has 0 aliphatic carbocycles. The molecule has 2 atom stereocenters. The van der Waals surface area contributed by atoms with Crippen molar-refractivity contribution in [3.8, 4) is 0 Å². The lowest BCUT2D eigenvalue weighted by Gasteiger charge is -2.23. The van der Waals surface area contributed by atoms with Crippen LogP contribution in [0, 0.1) is 5.92 Å². The molecule has 17 heavy (non-hydrogen) atoms. The molecule has 1 fully saturated rings. The Hall–Kier alpha value is -0.570. The monoisotopic (exact) mass is 241 g/mol. The number of carbonyl (C=O) groups is 1. The highest BCUT2D eigenvalue weighted by atomic mass is 16.5. The molecular formula is C14H27NO2.